The molecule has 2 fully saturated rings. The SMILES string of the molecule is COc1ccc(-c2csc(NC(=O)[C@@H]3[C@H]4CC[C@@H](C4)[C@H]3C(=O)[O-])n2)cc1. The maximum atomic E-state index is 12.7. The number of anilines is 1. The van der Waals surface area contributed by atoms with Crippen LogP contribution >= 0.6 is 11.3 Å². The van der Waals surface area contributed by atoms with Gasteiger partial charge in [-0.2, -0.15) is 0 Å². The van der Waals surface area contributed by atoms with Crippen molar-refractivity contribution in [1.29, 1.82) is 0 Å². The van der Waals surface area contributed by atoms with Crippen LogP contribution in [0.5, 0.6) is 5.75 Å². The Morgan fingerprint density at radius 3 is 2.54 bits per heavy atom. The molecule has 2 aliphatic carbocycles. The van der Waals surface area contributed by atoms with Gasteiger partial charge in [-0.05, 0) is 55.4 Å². The molecule has 7 heteroatoms. The minimum atomic E-state index is -1.10. The first-order chi connectivity index (χ1) is 12.6. The Labute approximate surface area is 155 Å². The molecule has 0 unspecified atom stereocenters. The van der Waals surface area contributed by atoms with Gasteiger partial charge in [-0.3, -0.25) is 4.79 Å². The quantitative estimate of drug-likeness (QED) is 0.870. The van der Waals surface area contributed by atoms with Crippen molar-refractivity contribution in [3.8, 4) is 17.0 Å². The van der Waals surface area contributed by atoms with Crippen molar-refractivity contribution >= 4 is 28.3 Å². The highest BCUT2D eigenvalue weighted by Crippen LogP contribution is 2.52. The average molecular weight is 371 g/mol. The number of hydrogen-bond acceptors (Lipinski definition) is 6. The van der Waals surface area contributed by atoms with Gasteiger partial charge >= 0.3 is 0 Å². The van der Waals surface area contributed by atoms with E-state index in [1.807, 2.05) is 29.6 Å². The molecule has 2 aliphatic rings. The molecule has 1 heterocycles. The summed E-state index contributed by atoms with van der Waals surface area (Å²) in [6.07, 6.45) is 2.61. The van der Waals surface area contributed by atoms with Crippen molar-refractivity contribution in [1.82, 2.24) is 4.98 Å². The number of carbonyl (C=O) groups is 2. The van der Waals surface area contributed by atoms with Gasteiger partial charge in [-0.1, -0.05) is 0 Å². The van der Waals surface area contributed by atoms with Crippen LogP contribution < -0.4 is 15.2 Å². The van der Waals surface area contributed by atoms with Gasteiger partial charge in [0.1, 0.15) is 5.75 Å². The third-order valence-electron chi connectivity index (χ3n) is 5.61. The Balaban J connectivity index is 1.48. The number of methoxy groups -OCH3 is 1. The lowest BCUT2D eigenvalue weighted by molar-refractivity contribution is -0.314. The van der Waals surface area contributed by atoms with Crippen LogP contribution in [0.2, 0.25) is 0 Å². The Morgan fingerprint density at radius 1 is 1.19 bits per heavy atom. The number of fused-ring (bicyclic) bond motifs is 2. The van der Waals surface area contributed by atoms with Crippen molar-refractivity contribution < 1.29 is 19.4 Å². The maximum absolute atomic E-state index is 12.7. The van der Waals surface area contributed by atoms with Crippen molar-refractivity contribution in [2.75, 3.05) is 12.4 Å². The Hall–Kier alpha value is -2.41. The number of aromatic nitrogens is 1. The zero-order valence-electron chi connectivity index (χ0n) is 14.3. The van der Waals surface area contributed by atoms with Gasteiger partial charge in [0.05, 0.1) is 12.8 Å². The van der Waals surface area contributed by atoms with E-state index in [0.29, 0.717) is 5.13 Å². The Morgan fingerprint density at radius 2 is 1.88 bits per heavy atom. The Kier molecular flexibility index (Phi) is 4.40. The molecule has 6 nitrogen and oxygen atoms in total. The molecule has 0 spiro atoms. The number of carbonyl (C=O) groups excluding carboxylic acids is 2. The summed E-state index contributed by atoms with van der Waals surface area (Å²) in [6, 6.07) is 7.52. The monoisotopic (exact) mass is 371 g/mol. The second-order valence-corrected chi connectivity index (χ2v) is 7.82. The number of hydrogen-bond donors (Lipinski definition) is 1. The number of nitrogens with one attached hydrogen (secondary N) is 1. The molecule has 0 radical (unpaired) electrons. The summed E-state index contributed by atoms with van der Waals surface area (Å²) < 4.78 is 5.15. The Bertz CT molecular complexity index is 832. The van der Waals surface area contributed by atoms with Crippen LogP contribution in [-0.2, 0) is 9.59 Å². The molecule has 0 saturated heterocycles. The summed E-state index contributed by atoms with van der Waals surface area (Å²) in [7, 11) is 1.61. The van der Waals surface area contributed by atoms with E-state index in [-0.39, 0.29) is 17.7 Å². The van der Waals surface area contributed by atoms with Crippen LogP contribution in [0.4, 0.5) is 5.13 Å². The van der Waals surface area contributed by atoms with Gasteiger partial charge in [0.2, 0.25) is 5.91 Å². The van der Waals surface area contributed by atoms with Crippen molar-refractivity contribution in [3.63, 3.8) is 0 Å². The molecule has 1 amide bonds. The first kappa shape index (κ1) is 17.0. The molecule has 26 heavy (non-hydrogen) atoms. The van der Waals surface area contributed by atoms with Crippen LogP contribution in [0.15, 0.2) is 29.6 Å². The summed E-state index contributed by atoms with van der Waals surface area (Å²) in [5.41, 5.74) is 1.69. The highest BCUT2D eigenvalue weighted by atomic mass is 32.1. The van der Waals surface area contributed by atoms with Crippen molar-refractivity contribution in [3.05, 3.63) is 29.6 Å². The van der Waals surface area contributed by atoms with Crippen LogP contribution in [0.3, 0.4) is 0 Å². The predicted octanol–water partition coefficient (Wildman–Crippen LogP) is 2.17. The fraction of sp³-hybridized carbons (Fsp3) is 0.421. The molecule has 4 rings (SSSR count). The fourth-order valence-electron chi connectivity index (χ4n) is 4.42. The van der Waals surface area contributed by atoms with Crippen LogP contribution in [0.25, 0.3) is 11.3 Å². The first-order valence-electron chi connectivity index (χ1n) is 8.68. The van der Waals surface area contributed by atoms with Gasteiger partial charge in [-0.15, -0.1) is 11.3 Å². The minimum absolute atomic E-state index is 0.0758. The minimum Gasteiger partial charge on any atom is -0.550 e. The fourth-order valence-corrected chi connectivity index (χ4v) is 5.14. The largest absolute Gasteiger partial charge is 0.550 e. The molecule has 4 atom stereocenters. The molecule has 1 N–H and O–H groups in total. The molecule has 1 aromatic carbocycles. The number of nitrogens with zero attached hydrogens (tertiary/aromatic N) is 1. The molecule has 1 aromatic heterocycles. The number of aliphatic carboxylic acids is 1. The number of rotatable bonds is 5. The van der Waals surface area contributed by atoms with Gasteiger partial charge in [0.15, 0.2) is 5.13 Å². The standard InChI is InChI=1S/C19H20N2O4S/c1-25-13-6-4-10(5-7-13)14-9-26-19(20-14)21-17(22)15-11-2-3-12(8-11)16(15)18(23)24/h4-7,9,11-12,15-16H,2-3,8H2,1H3,(H,23,24)(H,20,21,22)/p-1/t11-,12-,15+,16+/m0/s1. The van der Waals surface area contributed by atoms with Gasteiger partial charge in [-0.25, -0.2) is 4.98 Å². The highest BCUT2D eigenvalue weighted by Gasteiger charge is 2.51. The number of carboxylic acids is 1. The van der Waals surface area contributed by atoms with Crippen LogP contribution in [-0.4, -0.2) is 24.0 Å². The third kappa shape index (κ3) is 2.96. The number of amides is 1. The first-order valence-corrected chi connectivity index (χ1v) is 9.56. The summed E-state index contributed by atoms with van der Waals surface area (Å²) in [5, 5.41) is 16.7. The van der Waals surface area contributed by atoms with E-state index in [9.17, 15) is 14.7 Å². The van der Waals surface area contributed by atoms with E-state index in [2.05, 4.69) is 10.3 Å². The second-order valence-electron chi connectivity index (χ2n) is 6.96. The molecule has 2 aromatic rings. The van der Waals surface area contributed by atoms with E-state index in [1.165, 1.54) is 11.3 Å². The molecule has 136 valence electrons. The van der Waals surface area contributed by atoms with Crippen molar-refractivity contribution in [2.45, 2.75) is 19.3 Å². The number of thiazole rings is 1. The maximum Gasteiger partial charge on any atom is 0.230 e. The smallest absolute Gasteiger partial charge is 0.230 e. The van der Waals surface area contributed by atoms with Crippen LogP contribution in [0, 0.1) is 23.7 Å². The zero-order valence-corrected chi connectivity index (χ0v) is 15.1. The topological polar surface area (TPSA) is 91.3 Å². The summed E-state index contributed by atoms with van der Waals surface area (Å²) in [5.74, 6) is -1.54. The average Bonchev–Trinajstić information content (AvgIpc) is 3.37. The summed E-state index contributed by atoms with van der Waals surface area (Å²) in [6.45, 7) is 0. The lowest BCUT2D eigenvalue weighted by Gasteiger charge is -2.30. The van der Waals surface area contributed by atoms with E-state index in [4.69, 9.17) is 4.74 Å². The lowest BCUT2D eigenvalue weighted by Crippen LogP contribution is -2.43. The number of ether oxygens (including phenoxy) is 1. The van der Waals surface area contributed by atoms with Crippen molar-refractivity contribution in [2.24, 2.45) is 23.7 Å². The normalized spacial score (nSPS) is 26.7. The predicted molar refractivity (Wildman–Crippen MR) is 95.5 cm³/mol. The van der Waals surface area contributed by atoms with E-state index >= 15 is 0 Å². The lowest BCUT2D eigenvalue weighted by atomic mass is 9.79. The molecule has 2 bridgehead atoms. The van der Waals surface area contributed by atoms with E-state index in [1.54, 1.807) is 7.11 Å². The summed E-state index contributed by atoms with van der Waals surface area (Å²) in [4.78, 5) is 28.6. The molecule has 2 saturated carbocycles. The zero-order chi connectivity index (χ0) is 18.3. The van der Waals surface area contributed by atoms with Gasteiger partial charge in [0, 0.05) is 28.7 Å². The van der Waals surface area contributed by atoms with Gasteiger partial charge in [0.25, 0.3) is 0 Å². The van der Waals surface area contributed by atoms with E-state index in [0.717, 1.165) is 36.3 Å². The summed E-state index contributed by atoms with van der Waals surface area (Å²) >= 11 is 1.33. The van der Waals surface area contributed by atoms with E-state index < -0.39 is 17.8 Å². The molecule has 0 aliphatic heterocycles. The molecular weight excluding hydrogens is 352 g/mol. The highest BCUT2D eigenvalue weighted by molar-refractivity contribution is 7.14. The molecular formula is C19H19N2O4S-. The van der Waals surface area contributed by atoms with Gasteiger partial charge < -0.3 is 20.0 Å². The number of carboxylic acid groups (broad SMARTS) is 1. The third-order valence-corrected chi connectivity index (χ3v) is 6.37. The number of benzene rings is 1. The second kappa shape index (κ2) is 6.72. The van der Waals surface area contributed by atoms with Crippen LogP contribution in [0.1, 0.15) is 19.3 Å².